The quantitative estimate of drug-likeness (QED) is 0.617. The van der Waals surface area contributed by atoms with Gasteiger partial charge in [-0.2, -0.15) is 0 Å². The summed E-state index contributed by atoms with van der Waals surface area (Å²) in [7, 11) is 1.45. The summed E-state index contributed by atoms with van der Waals surface area (Å²) in [5.74, 6) is 0.940. The number of hydrogen-bond donors (Lipinski definition) is 1. The van der Waals surface area contributed by atoms with Gasteiger partial charge in [0.1, 0.15) is 0 Å². The van der Waals surface area contributed by atoms with Crippen LogP contribution in [0.25, 0.3) is 0 Å². The molecule has 0 heterocycles. The van der Waals surface area contributed by atoms with Gasteiger partial charge in [-0.3, -0.25) is 4.79 Å². The molecule has 2 rings (SSSR count). The van der Waals surface area contributed by atoms with E-state index in [2.05, 4.69) is 0 Å². The van der Waals surface area contributed by atoms with Crippen molar-refractivity contribution in [1.82, 2.24) is 0 Å². The smallest absolute Gasteiger partial charge is 0.308 e. The normalized spacial score (nSPS) is 43.2. The summed E-state index contributed by atoms with van der Waals surface area (Å²) in [6, 6.07) is 0. The van der Waals surface area contributed by atoms with Crippen LogP contribution in [0.2, 0.25) is 0 Å². The van der Waals surface area contributed by atoms with Gasteiger partial charge in [-0.05, 0) is 37.5 Å². The van der Waals surface area contributed by atoms with E-state index in [4.69, 9.17) is 4.74 Å². The Morgan fingerprint density at radius 1 is 1.38 bits per heavy atom. The third-order valence-corrected chi connectivity index (χ3v) is 3.59. The first-order valence-electron chi connectivity index (χ1n) is 4.98. The molecule has 0 amide bonds. The molecule has 0 aromatic carbocycles. The largest absolute Gasteiger partial charge is 0.469 e. The van der Waals surface area contributed by atoms with E-state index in [0.717, 1.165) is 25.7 Å². The van der Waals surface area contributed by atoms with Crippen LogP contribution in [-0.4, -0.2) is 24.3 Å². The first kappa shape index (κ1) is 9.00. The molecule has 3 nitrogen and oxygen atoms in total. The number of hydrogen-bond acceptors (Lipinski definition) is 3. The number of aliphatic hydroxyl groups excluding tert-OH is 1. The minimum absolute atomic E-state index is 0.0622. The SMILES string of the molecule is COC(=O)C1CCC2CC(O)CC21. The summed E-state index contributed by atoms with van der Waals surface area (Å²) in [6.45, 7) is 0. The highest BCUT2D eigenvalue weighted by Crippen LogP contribution is 2.47. The average Bonchev–Trinajstić information content (AvgIpc) is 2.61. The number of ether oxygens (including phenoxy) is 1. The van der Waals surface area contributed by atoms with Crippen LogP contribution in [0.5, 0.6) is 0 Å². The highest BCUT2D eigenvalue weighted by molar-refractivity contribution is 5.73. The molecule has 0 spiro atoms. The fourth-order valence-electron chi connectivity index (χ4n) is 3.00. The molecule has 2 fully saturated rings. The summed E-state index contributed by atoms with van der Waals surface area (Å²) >= 11 is 0. The van der Waals surface area contributed by atoms with E-state index in [0.29, 0.717) is 11.8 Å². The van der Waals surface area contributed by atoms with Gasteiger partial charge in [-0.1, -0.05) is 0 Å². The second kappa shape index (κ2) is 3.29. The zero-order chi connectivity index (χ0) is 9.42. The molecule has 0 aromatic rings. The third kappa shape index (κ3) is 1.46. The van der Waals surface area contributed by atoms with E-state index in [1.165, 1.54) is 7.11 Å². The number of fused-ring (bicyclic) bond motifs is 1. The van der Waals surface area contributed by atoms with Crippen LogP contribution in [0.4, 0.5) is 0 Å². The molecule has 2 aliphatic carbocycles. The number of rotatable bonds is 1. The Morgan fingerprint density at radius 3 is 2.85 bits per heavy atom. The molecule has 2 aliphatic rings. The summed E-state index contributed by atoms with van der Waals surface area (Å²) in [6.07, 6.45) is 3.54. The van der Waals surface area contributed by atoms with Crippen molar-refractivity contribution in [1.29, 1.82) is 0 Å². The maximum atomic E-state index is 11.4. The van der Waals surface area contributed by atoms with Crippen LogP contribution < -0.4 is 0 Å². The van der Waals surface area contributed by atoms with Crippen molar-refractivity contribution >= 4 is 5.97 Å². The van der Waals surface area contributed by atoms with E-state index in [9.17, 15) is 9.90 Å². The lowest BCUT2D eigenvalue weighted by Gasteiger charge is -2.15. The molecule has 0 bridgehead atoms. The Bertz CT molecular complexity index is 214. The maximum absolute atomic E-state index is 11.4. The molecule has 3 heteroatoms. The fraction of sp³-hybridized carbons (Fsp3) is 0.900. The Balaban J connectivity index is 2.04. The van der Waals surface area contributed by atoms with Crippen LogP contribution in [0.1, 0.15) is 25.7 Å². The van der Waals surface area contributed by atoms with Gasteiger partial charge in [0.05, 0.1) is 19.1 Å². The zero-order valence-electron chi connectivity index (χ0n) is 7.90. The number of carbonyl (C=O) groups excluding carboxylic acids is 1. The first-order valence-corrected chi connectivity index (χ1v) is 4.98. The molecule has 4 atom stereocenters. The van der Waals surface area contributed by atoms with E-state index in [1.807, 2.05) is 0 Å². The van der Waals surface area contributed by atoms with Crippen molar-refractivity contribution < 1.29 is 14.6 Å². The van der Waals surface area contributed by atoms with Crippen molar-refractivity contribution in [2.45, 2.75) is 31.8 Å². The summed E-state index contributed by atoms with van der Waals surface area (Å²) in [5.41, 5.74) is 0. The van der Waals surface area contributed by atoms with Crippen molar-refractivity contribution in [3.63, 3.8) is 0 Å². The number of methoxy groups -OCH3 is 1. The molecule has 0 radical (unpaired) electrons. The Kier molecular flexibility index (Phi) is 2.28. The fourth-order valence-corrected chi connectivity index (χ4v) is 3.00. The van der Waals surface area contributed by atoms with Crippen molar-refractivity contribution in [3.8, 4) is 0 Å². The minimum atomic E-state index is -0.178. The molecular formula is C10H16O3. The lowest BCUT2D eigenvalue weighted by atomic mass is 9.92. The van der Waals surface area contributed by atoms with Gasteiger partial charge in [-0.25, -0.2) is 0 Å². The standard InChI is InChI=1S/C10H16O3/c1-13-10(12)8-3-2-6-4-7(11)5-9(6)8/h6-9,11H,2-5H2,1H3. The van der Waals surface area contributed by atoms with Gasteiger partial charge < -0.3 is 9.84 Å². The lowest BCUT2D eigenvalue weighted by molar-refractivity contribution is -0.146. The average molecular weight is 184 g/mol. The summed E-state index contributed by atoms with van der Waals surface area (Å²) in [4.78, 5) is 11.4. The molecule has 2 saturated carbocycles. The van der Waals surface area contributed by atoms with Crippen molar-refractivity contribution in [2.75, 3.05) is 7.11 Å². The Morgan fingerprint density at radius 2 is 2.15 bits per heavy atom. The van der Waals surface area contributed by atoms with Gasteiger partial charge in [0.15, 0.2) is 0 Å². The summed E-state index contributed by atoms with van der Waals surface area (Å²) in [5, 5.41) is 9.46. The third-order valence-electron chi connectivity index (χ3n) is 3.59. The van der Waals surface area contributed by atoms with Crippen LogP contribution in [0.3, 0.4) is 0 Å². The topological polar surface area (TPSA) is 46.5 Å². The number of carbonyl (C=O) groups is 1. The van der Waals surface area contributed by atoms with E-state index in [1.54, 1.807) is 0 Å². The monoisotopic (exact) mass is 184 g/mol. The summed E-state index contributed by atoms with van der Waals surface area (Å²) < 4.78 is 4.76. The Hall–Kier alpha value is -0.570. The molecular weight excluding hydrogens is 168 g/mol. The van der Waals surface area contributed by atoms with Crippen LogP contribution >= 0.6 is 0 Å². The van der Waals surface area contributed by atoms with Gasteiger partial charge in [0, 0.05) is 0 Å². The maximum Gasteiger partial charge on any atom is 0.308 e. The van der Waals surface area contributed by atoms with Crippen LogP contribution in [0.15, 0.2) is 0 Å². The minimum Gasteiger partial charge on any atom is -0.469 e. The molecule has 74 valence electrons. The molecule has 4 unspecified atom stereocenters. The molecule has 0 saturated heterocycles. The Labute approximate surface area is 78.1 Å². The van der Waals surface area contributed by atoms with Gasteiger partial charge in [-0.15, -0.1) is 0 Å². The first-order chi connectivity index (χ1) is 6.22. The predicted molar refractivity (Wildman–Crippen MR) is 47.0 cm³/mol. The van der Waals surface area contributed by atoms with Gasteiger partial charge >= 0.3 is 5.97 Å². The van der Waals surface area contributed by atoms with Crippen LogP contribution in [0, 0.1) is 17.8 Å². The highest BCUT2D eigenvalue weighted by Gasteiger charge is 2.46. The highest BCUT2D eigenvalue weighted by atomic mass is 16.5. The van der Waals surface area contributed by atoms with E-state index in [-0.39, 0.29) is 18.0 Å². The predicted octanol–water partition coefficient (Wildman–Crippen LogP) is 0.956. The van der Waals surface area contributed by atoms with E-state index < -0.39 is 0 Å². The molecule has 13 heavy (non-hydrogen) atoms. The van der Waals surface area contributed by atoms with E-state index >= 15 is 0 Å². The van der Waals surface area contributed by atoms with Crippen molar-refractivity contribution in [3.05, 3.63) is 0 Å². The number of esters is 1. The molecule has 0 aliphatic heterocycles. The number of aliphatic hydroxyl groups is 1. The lowest BCUT2D eigenvalue weighted by Crippen LogP contribution is -2.21. The van der Waals surface area contributed by atoms with Gasteiger partial charge in [0.2, 0.25) is 0 Å². The molecule has 0 aromatic heterocycles. The van der Waals surface area contributed by atoms with Crippen LogP contribution in [-0.2, 0) is 9.53 Å². The second-order valence-corrected chi connectivity index (χ2v) is 4.26. The van der Waals surface area contributed by atoms with Crippen molar-refractivity contribution in [2.24, 2.45) is 17.8 Å². The molecule has 1 N–H and O–H groups in total. The zero-order valence-corrected chi connectivity index (χ0v) is 7.90. The van der Waals surface area contributed by atoms with Gasteiger partial charge in [0.25, 0.3) is 0 Å². The second-order valence-electron chi connectivity index (χ2n) is 4.26.